The number of likely N-dealkylation sites (tertiary alicyclic amines) is 1. The normalized spacial score (nSPS) is 22.6. The van der Waals surface area contributed by atoms with E-state index in [0.29, 0.717) is 19.7 Å². The number of hydrogen-bond donors (Lipinski definition) is 1. The van der Waals surface area contributed by atoms with Crippen molar-refractivity contribution in [3.63, 3.8) is 0 Å². The van der Waals surface area contributed by atoms with Crippen LogP contribution in [-0.2, 0) is 11.3 Å². The Labute approximate surface area is 155 Å². The molecule has 6 heteroatoms. The summed E-state index contributed by atoms with van der Waals surface area (Å²) in [6, 6.07) is 8.72. The number of carbonyl (C=O) groups is 1. The minimum atomic E-state index is 0.148. The molecule has 0 aromatic heterocycles. The summed E-state index contributed by atoms with van der Waals surface area (Å²) < 4.78 is 5.91. The molecule has 2 heterocycles. The lowest BCUT2D eigenvalue weighted by Gasteiger charge is -2.41. The largest absolute Gasteiger partial charge is 0.399 e. The number of carbonyl (C=O) groups excluding carboxylic acids is 1. The average molecular weight is 358 g/mol. The third-order valence-electron chi connectivity index (χ3n) is 5.98. The monoisotopic (exact) mass is 358 g/mol. The molecule has 2 N–H and O–H groups in total. The van der Waals surface area contributed by atoms with Gasteiger partial charge in [0, 0.05) is 37.9 Å². The zero-order chi connectivity index (χ0) is 17.9. The molecule has 1 aromatic carbocycles. The molecule has 2 aliphatic heterocycles. The zero-order valence-electron chi connectivity index (χ0n) is 15.5. The van der Waals surface area contributed by atoms with Crippen LogP contribution < -0.4 is 5.73 Å². The zero-order valence-corrected chi connectivity index (χ0v) is 15.5. The van der Waals surface area contributed by atoms with Crippen LogP contribution >= 0.6 is 0 Å². The third kappa shape index (κ3) is 3.96. The predicted molar refractivity (Wildman–Crippen MR) is 102 cm³/mol. The maximum absolute atomic E-state index is 12.7. The predicted octanol–water partition coefficient (Wildman–Crippen LogP) is 2.15. The van der Waals surface area contributed by atoms with Crippen LogP contribution in [0.25, 0.3) is 0 Å². The van der Waals surface area contributed by atoms with Crippen molar-refractivity contribution in [2.45, 2.75) is 44.4 Å². The van der Waals surface area contributed by atoms with Crippen LogP contribution in [0.4, 0.5) is 10.5 Å². The topological polar surface area (TPSA) is 62.0 Å². The molecule has 2 amide bonds. The van der Waals surface area contributed by atoms with E-state index in [1.54, 1.807) is 0 Å². The van der Waals surface area contributed by atoms with E-state index in [2.05, 4.69) is 4.90 Å². The van der Waals surface area contributed by atoms with E-state index in [-0.39, 0.29) is 12.1 Å². The summed E-state index contributed by atoms with van der Waals surface area (Å²) in [7, 11) is 0. The highest BCUT2D eigenvalue weighted by molar-refractivity contribution is 5.75. The van der Waals surface area contributed by atoms with Crippen LogP contribution in [0.1, 0.15) is 31.2 Å². The van der Waals surface area contributed by atoms with Crippen molar-refractivity contribution in [2.24, 2.45) is 0 Å². The number of rotatable bonds is 4. The first-order valence-corrected chi connectivity index (χ1v) is 9.93. The molecule has 26 heavy (non-hydrogen) atoms. The van der Waals surface area contributed by atoms with E-state index in [0.717, 1.165) is 49.9 Å². The van der Waals surface area contributed by atoms with Crippen molar-refractivity contribution in [3.05, 3.63) is 29.8 Å². The molecule has 0 spiro atoms. The molecule has 1 aliphatic carbocycles. The second-order valence-corrected chi connectivity index (χ2v) is 7.82. The Morgan fingerprint density at radius 2 is 1.77 bits per heavy atom. The summed E-state index contributed by atoms with van der Waals surface area (Å²) in [6.45, 7) is 5.90. The van der Waals surface area contributed by atoms with Gasteiger partial charge in [-0.05, 0) is 37.0 Å². The molecule has 6 nitrogen and oxygen atoms in total. The molecular formula is C20H30N4O2. The number of amides is 2. The molecule has 4 rings (SSSR count). The van der Waals surface area contributed by atoms with E-state index in [1.165, 1.54) is 19.3 Å². The van der Waals surface area contributed by atoms with Gasteiger partial charge in [0.25, 0.3) is 0 Å². The number of ether oxygens (including phenoxy) is 1. The summed E-state index contributed by atoms with van der Waals surface area (Å²) >= 11 is 0. The van der Waals surface area contributed by atoms with Crippen molar-refractivity contribution in [1.82, 2.24) is 14.7 Å². The minimum absolute atomic E-state index is 0.148. The van der Waals surface area contributed by atoms with Gasteiger partial charge >= 0.3 is 6.03 Å². The second-order valence-electron chi connectivity index (χ2n) is 7.82. The van der Waals surface area contributed by atoms with Gasteiger partial charge in [-0.2, -0.15) is 0 Å². The van der Waals surface area contributed by atoms with Crippen molar-refractivity contribution >= 4 is 11.7 Å². The Bertz CT molecular complexity index is 611. The Balaban J connectivity index is 1.18. The van der Waals surface area contributed by atoms with Gasteiger partial charge < -0.3 is 20.3 Å². The SMILES string of the molecule is Nc1ccc(COC2CN(C(=O)N3CCCN(C4CCC4)CC3)C2)cc1. The van der Waals surface area contributed by atoms with Crippen molar-refractivity contribution in [1.29, 1.82) is 0 Å². The fourth-order valence-electron chi connectivity index (χ4n) is 3.97. The van der Waals surface area contributed by atoms with Gasteiger partial charge in [0.2, 0.25) is 0 Å². The van der Waals surface area contributed by atoms with Crippen LogP contribution in [0.5, 0.6) is 0 Å². The van der Waals surface area contributed by atoms with Crippen LogP contribution in [-0.4, -0.2) is 72.1 Å². The van der Waals surface area contributed by atoms with E-state index < -0.39 is 0 Å². The highest BCUT2D eigenvalue weighted by Crippen LogP contribution is 2.26. The first-order chi connectivity index (χ1) is 12.7. The maximum atomic E-state index is 12.7. The van der Waals surface area contributed by atoms with Crippen LogP contribution in [0.3, 0.4) is 0 Å². The fraction of sp³-hybridized carbons (Fsp3) is 0.650. The Kier molecular flexibility index (Phi) is 5.31. The number of hydrogen-bond acceptors (Lipinski definition) is 4. The smallest absolute Gasteiger partial charge is 0.320 e. The quantitative estimate of drug-likeness (QED) is 0.838. The second kappa shape index (κ2) is 7.84. The van der Waals surface area contributed by atoms with Gasteiger partial charge in [-0.1, -0.05) is 18.6 Å². The number of anilines is 1. The molecule has 0 atom stereocenters. The first-order valence-electron chi connectivity index (χ1n) is 9.93. The molecule has 0 bridgehead atoms. The lowest BCUT2D eigenvalue weighted by Crippen LogP contribution is -2.58. The first kappa shape index (κ1) is 17.6. The molecule has 2 saturated heterocycles. The molecule has 0 radical (unpaired) electrons. The van der Waals surface area contributed by atoms with Gasteiger partial charge in [-0.25, -0.2) is 4.79 Å². The lowest BCUT2D eigenvalue weighted by molar-refractivity contribution is -0.0493. The summed E-state index contributed by atoms with van der Waals surface area (Å²) in [5.74, 6) is 0. The van der Waals surface area contributed by atoms with Crippen molar-refractivity contribution < 1.29 is 9.53 Å². The van der Waals surface area contributed by atoms with Gasteiger partial charge in [0.1, 0.15) is 0 Å². The van der Waals surface area contributed by atoms with Crippen LogP contribution in [0, 0.1) is 0 Å². The summed E-state index contributed by atoms with van der Waals surface area (Å²) in [4.78, 5) is 19.3. The highest BCUT2D eigenvalue weighted by Gasteiger charge is 2.35. The Morgan fingerprint density at radius 3 is 2.46 bits per heavy atom. The molecule has 142 valence electrons. The lowest BCUT2D eigenvalue weighted by atomic mass is 9.91. The van der Waals surface area contributed by atoms with Gasteiger partial charge in [-0.3, -0.25) is 4.90 Å². The van der Waals surface area contributed by atoms with E-state index in [9.17, 15) is 4.79 Å². The van der Waals surface area contributed by atoms with E-state index in [4.69, 9.17) is 10.5 Å². The molecule has 0 unspecified atom stereocenters. The minimum Gasteiger partial charge on any atom is -0.399 e. The number of benzene rings is 1. The molecule has 3 fully saturated rings. The number of nitrogens with zero attached hydrogens (tertiary/aromatic N) is 3. The summed E-state index contributed by atoms with van der Waals surface area (Å²) in [5.41, 5.74) is 7.58. The van der Waals surface area contributed by atoms with Gasteiger partial charge in [-0.15, -0.1) is 0 Å². The van der Waals surface area contributed by atoms with Crippen LogP contribution in [0.2, 0.25) is 0 Å². The maximum Gasteiger partial charge on any atom is 0.320 e. The van der Waals surface area contributed by atoms with Crippen molar-refractivity contribution in [3.8, 4) is 0 Å². The summed E-state index contributed by atoms with van der Waals surface area (Å²) in [6.07, 6.45) is 5.29. The van der Waals surface area contributed by atoms with Crippen molar-refractivity contribution in [2.75, 3.05) is 45.0 Å². The highest BCUT2D eigenvalue weighted by atomic mass is 16.5. The van der Waals surface area contributed by atoms with Gasteiger partial charge in [0.15, 0.2) is 0 Å². The number of urea groups is 1. The average Bonchev–Trinajstić information content (AvgIpc) is 2.79. The fourth-order valence-corrected chi connectivity index (χ4v) is 3.97. The van der Waals surface area contributed by atoms with E-state index >= 15 is 0 Å². The molecule has 1 aromatic rings. The molecule has 1 saturated carbocycles. The number of nitrogen functional groups attached to an aromatic ring is 1. The van der Waals surface area contributed by atoms with E-state index in [1.807, 2.05) is 34.1 Å². The van der Waals surface area contributed by atoms with Crippen LogP contribution in [0.15, 0.2) is 24.3 Å². The standard InChI is InChI=1S/C20H30N4O2/c21-17-7-5-16(6-8-17)15-26-19-13-24(14-19)20(25)23-10-2-9-22(11-12-23)18-3-1-4-18/h5-8,18-19H,1-4,9-15,21H2. The Hall–Kier alpha value is -1.79. The van der Waals surface area contributed by atoms with Gasteiger partial charge in [0.05, 0.1) is 25.8 Å². The molecule has 3 aliphatic rings. The third-order valence-corrected chi connectivity index (χ3v) is 5.98. The Morgan fingerprint density at radius 1 is 1.00 bits per heavy atom. The number of nitrogens with two attached hydrogens (primary N) is 1. The molecular weight excluding hydrogens is 328 g/mol. The summed E-state index contributed by atoms with van der Waals surface area (Å²) in [5, 5.41) is 0.